The lowest BCUT2D eigenvalue weighted by atomic mass is 10.1. The van der Waals surface area contributed by atoms with E-state index in [1.807, 2.05) is 7.05 Å². The van der Waals surface area contributed by atoms with Gasteiger partial charge in [0.15, 0.2) is 0 Å². The minimum Gasteiger partial charge on any atom is -0.319 e. The summed E-state index contributed by atoms with van der Waals surface area (Å²) in [5, 5.41) is 6.64. The molecule has 1 aromatic carbocycles. The molecule has 0 aromatic heterocycles. The van der Waals surface area contributed by atoms with Crippen molar-refractivity contribution in [1.82, 2.24) is 10.6 Å². The number of nitrogens with one attached hydrogen (secondary N) is 2. The Morgan fingerprint density at radius 3 is 2.43 bits per heavy atom. The predicted molar refractivity (Wildman–Crippen MR) is 59.4 cm³/mol. The molecule has 14 heavy (non-hydrogen) atoms. The number of rotatable bonds is 4. The molecule has 2 heteroatoms. The van der Waals surface area contributed by atoms with Crippen LogP contribution >= 0.6 is 0 Å². The Balaban J connectivity index is 2.06. The molecule has 1 fully saturated rings. The summed E-state index contributed by atoms with van der Waals surface area (Å²) < 4.78 is 0. The van der Waals surface area contributed by atoms with Gasteiger partial charge in [0.2, 0.25) is 0 Å². The van der Waals surface area contributed by atoms with Gasteiger partial charge in [-0.2, -0.15) is 0 Å². The predicted octanol–water partition coefficient (Wildman–Crippen LogP) is 1.21. The van der Waals surface area contributed by atoms with Crippen LogP contribution in [0.4, 0.5) is 0 Å². The topological polar surface area (TPSA) is 24.1 Å². The Bertz CT molecular complexity index is 284. The maximum Gasteiger partial charge on any atom is 0.0183 e. The first kappa shape index (κ1) is 9.69. The monoisotopic (exact) mass is 190 g/mol. The molecule has 0 saturated heterocycles. The number of benzene rings is 1. The van der Waals surface area contributed by atoms with Gasteiger partial charge >= 0.3 is 0 Å². The lowest BCUT2D eigenvalue weighted by Crippen LogP contribution is -2.17. The molecule has 0 spiro atoms. The van der Waals surface area contributed by atoms with E-state index in [0.29, 0.717) is 12.0 Å². The van der Waals surface area contributed by atoms with Crippen LogP contribution in [0.2, 0.25) is 0 Å². The second-order valence-corrected chi connectivity index (χ2v) is 3.97. The minimum absolute atomic E-state index is 0.657. The van der Waals surface area contributed by atoms with Crippen LogP contribution in [0, 0.1) is 5.92 Å². The molecule has 0 heterocycles. The van der Waals surface area contributed by atoms with Crippen molar-refractivity contribution in [2.24, 2.45) is 5.92 Å². The number of hydrogen-bond acceptors (Lipinski definition) is 2. The highest BCUT2D eigenvalue weighted by atomic mass is 15.0. The molecular weight excluding hydrogens is 172 g/mol. The summed E-state index contributed by atoms with van der Waals surface area (Å²) in [7, 11) is 4.07. The normalized spacial score (nSPS) is 30.3. The fraction of sp³-hybridized carbons (Fsp3) is 0.500. The van der Waals surface area contributed by atoms with Crippen LogP contribution in [0.15, 0.2) is 30.3 Å². The fourth-order valence-electron chi connectivity index (χ4n) is 2.39. The third-order valence-electron chi connectivity index (χ3n) is 3.13. The summed E-state index contributed by atoms with van der Waals surface area (Å²) in [5.74, 6) is 1.46. The third-order valence-corrected chi connectivity index (χ3v) is 3.13. The summed E-state index contributed by atoms with van der Waals surface area (Å²) in [6.07, 6.45) is 0. The average molecular weight is 190 g/mol. The van der Waals surface area contributed by atoms with Crippen LogP contribution in [0.1, 0.15) is 11.5 Å². The maximum absolute atomic E-state index is 3.38. The lowest BCUT2D eigenvalue weighted by molar-refractivity contribution is 0.652. The first-order chi connectivity index (χ1) is 6.88. The molecule has 1 aromatic rings. The number of hydrogen-bond donors (Lipinski definition) is 2. The zero-order valence-electron chi connectivity index (χ0n) is 8.83. The zero-order chi connectivity index (χ0) is 9.97. The van der Waals surface area contributed by atoms with Crippen molar-refractivity contribution in [2.45, 2.75) is 12.0 Å². The SMILES string of the molecule is CNCC1C(NC)C1c1ccccc1. The third kappa shape index (κ3) is 1.68. The Morgan fingerprint density at radius 2 is 1.86 bits per heavy atom. The summed E-state index contributed by atoms with van der Waals surface area (Å²) in [4.78, 5) is 0. The quantitative estimate of drug-likeness (QED) is 0.745. The molecule has 0 aliphatic heterocycles. The van der Waals surface area contributed by atoms with E-state index in [0.717, 1.165) is 12.5 Å². The Hall–Kier alpha value is -0.860. The van der Waals surface area contributed by atoms with Crippen LogP contribution in [0.5, 0.6) is 0 Å². The number of likely N-dealkylation sites (N-methyl/N-ethyl adjacent to an activating group) is 1. The Kier molecular flexibility index (Phi) is 2.85. The fourth-order valence-corrected chi connectivity index (χ4v) is 2.39. The van der Waals surface area contributed by atoms with E-state index < -0.39 is 0 Å². The van der Waals surface area contributed by atoms with Gasteiger partial charge < -0.3 is 10.6 Å². The second kappa shape index (κ2) is 4.11. The minimum atomic E-state index is 0.657. The van der Waals surface area contributed by atoms with Gasteiger partial charge in [0, 0.05) is 12.0 Å². The van der Waals surface area contributed by atoms with Gasteiger partial charge in [0.25, 0.3) is 0 Å². The van der Waals surface area contributed by atoms with E-state index >= 15 is 0 Å². The molecule has 1 aliphatic rings. The van der Waals surface area contributed by atoms with Gasteiger partial charge in [-0.25, -0.2) is 0 Å². The first-order valence-electron chi connectivity index (χ1n) is 5.25. The second-order valence-electron chi connectivity index (χ2n) is 3.97. The molecule has 2 N–H and O–H groups in total. The van der Waals surface area contributed by atoms with Crippen LogP contribution < -0.4 is 10.6 Å². The largest absolute Gasteiger partial charge is 0.319 e. The van der Waals surface area contributed by atoms with Gasteiger partial charge in [-0.1, -0.05) is 30.3 Å². The lowest BCUT2D eigenvalue weighted by Gasteiger charge is -1.98. The molecule has 0 radical (unpaired) electrons. The highest BCUT2D eigenvalue weighted by molar-refractivity contribution is 5.30. The van der Waals surface area contributed by atoms with Gasteiger partial charge in [-0.15, -0.1) is 0 Å². The smallest absolute Gasteiger partial charge is 0.0183 e. The van der Waals surface area contributed by atoms with Crippen molar-refractivity contribution >= 4 is 0 Å². The van der Waals surface area contributed by atoms with Crippen LogP contribution in [-0.4, -0.2) is 26.7 Å². The molecule has 1 aliphatic carbocycles. The molecule has 3 atom stereocenters. The summed E-state index contributed by atoms with van der Waals surface area (Å²) in [6.45, 7) is 1.10. The van der Waals surface area contributed by atoms with E-state index in [2.05, 4.69) is 48.0 Å². The van der Waals surface area contributed by atoms with Crippen molar-refractivity contribution in [3.8, 4) is 0 Å². The molecule has 0 amide bonds. The van der Waals surface area contributed by atoms with Crippen molar-refractivity contribution in [2.75, 3.05) is 20.6 Å². The molecule has 0 bridgehead atoms. The molecule has 76 valence electrons. The van der Waals surface area contributed by atoms with Crippen molar-refractivity contribution in [1.29, 1.82) is 0 Å². The van der Waals surface area contributed by atoms with E-state index in [1.54, 1.807) is 0 Å². The van der Waals surface area contributed by atoms with Crippen molar-refractivity contribution in [3.63, 3.8) is 0 Å². The highest BCUT2D eigenvalue weighted by Gasteiger charge is 2.49. The van der Waals surface area contributed by atoms with E-state index in [9.17, 15) is 0 Å². The van der Waals surface area contributed by atoms with Crippen molar-refractivity contribution in [3.05, 3.63) is 35.9 Å². The Labute approximate surface area is 85.7 Å². The summed E-state index contributed by atoms with van der Waals surface area (Å²) >= 11 is 0. The van der Waals surface area contributed by atoms with Crippen LogP contribution in [-0.2, 0) is 0 Å². The van der Waals surface area contributed by atoms with Gasteiger partial charge in [0.1, 0.15) is 0 Å². The summed E-state index contributed by atoms with van der Waals surface area (Å²) in [5.41, 5.74) is 1.46. The van der Waals surface area contributed by atoms with Gasteiger partial charge in [-0.05, 0) is 32.1 Å². The van der Waals surface area contributed by atoms with E-state index in [1.165, 1.54) is 5.56 Å². The molecule has 3 unspecified atom stereocenters. The highest BCUT2D eigenvalue weighted by Crippen LogP contribution is 2.46. The molecule has 2 rings (SSSR count). The van der Waals surface area contributed by atoms with Crippen LogP contribution in [0.3, 0.4) is 0 Å². The molecular formula is C12H18N2. The summed E-state index contributed by atoms with van der Waals surface area (Å²) in [6, 6.07) is 11.4. The molecule has 1 saturated carbocycles. The maximum atomic E-state index is 3.38. The van der Waals surface area contributed by atoms with Crippen molar-refractivity contribution < 1.29 is 0 Å². The van der Waals surface area contributed by atoms with Crippen LogP contribution in [0.25, 0.3) is 0 Å². The standard InChI is InChI=1S/C12H18N2/c1-13-8-10-11(12(10)14-2)9-6-4-3-5-7-9/h3-7,10-14H,8H2,1-2H3. The Morgan fingerprint density at radius 1 is 1.14 bits per heavy atom. The zero-order valence-corrected chi connectivity index (χ0v) is 8.83. The van der Waals surface area contributed by atoms with Gasteiger partial charge in [0.05, 0.1) is 0 Å². The van der Waals surface area contributed by atoms with Gasteiger partial charge in [-0.3, -0.25) is 0 Å². The van der Waals surface area contributed by atoms with E-state index in [-0.39, 0.29) is 0 Å². The van der Waals surface area contributed by atoms with E-state index in [4.69, 9.17) is 0 Å². The average Bonchev–Trinajstić information content (AvgIpc) is 2.93. The molecule has 2 nitrogen and oxygen atoms in total. The first-order valence-corrected chi connectivity index (χ1v) is 5.25.